The van der Waals surface area contributed by atoms with E-state index in [2.05, 4.69) is 31.7 Å². The Kier molecular flexibility index (Phi) is 4.78. The Balaban J connectivity index is 2.18. The van der Waals surface area contributed by atoms with Crippen LogP contribution in [0.2, 0.25) is 0 Å². The van der Waals surface area contributed by atoms with Crippen molar-refractivity contribution in [3.8, 4) is 0 Å². The van der Waals surface area contributed by atoms with Gasteiger partial charge in [0.15, 0.2) is 5.84 Å². The predicted octanol–water partition coefficient (Wildman–Crippen LogP) is 3.19. The molecule has 21 heavy (non-hydrogen) atoms. The number of oxime groups is 1. The van der Waals surface area contributed by atoms with Crippen LogP contribution in [0.25, 0.3) is 0 Å². The van der Waals surface area contributed by atoms with Crippen molar-refractivity contribution in [3.63, 3.8) is 0 Å². The minimum Gasteiger partial charge on any atom is -0.409 e. The van der Waals surface area contributed by atoms with E-state index >= 15 is 0 Å². The van der Waals surface area contributed by atoms with Crippen LogP contribution in [-0.4, -0.2) is 17.1 Å². The van der Waals surface area contributed by atoms with Crippen molar-refractivity contribution in [2.45, 2.75) is 0 Å². The molecule has 0 heterocycles. The van der Waals surface area contributed by atoms with E-state index in [9.17, 15) is 4.79 Å². The quantitative estimate of drug-likeness (QED) is 0.296. The number of nitrogens with one attached hydrogen (secondary N) is 2. The first-order valence-electron chi connectivity index (χ1n) is 6.00. The second-order valence-electron chi connectivity index (χ2n) is 4.12. The van der Waals surface area contributed by atoms with E-state index < -0.39 is 6.03 Å². The number of nitrogens with two attached hydrogens (primary N) is 1. The molecule has 2 aromatic rings. The van der Waals surface area contributed by atoms with E-state index in [1.807, 2.05) is 18.2 Å². The first-order valence-corrected chi connectivity index (χ1v) is 6.80. The number of urea groups is 1. The molecular weight excluding hydrogens is 336 g/mol. The maximum Gasteiger partial charge on any atom is 0.323 e. The maximum atomic E-state index is 12.0. The molecule has 0 aliphatic heterocycles. The molecule has 0 bridgehead atoms. The van der Waals surface area contributed by atoms with Crippen molar-refractivity contribution in [1.82, 2.24) is 0 Å². The Bertz CT molecular complexity index is 674. The minimum atomic E-state index is -0.421. The zero-order valence-corrected chi connectivity index (χ0v) is 12.5. The highest BCUT2D eigenvalue weighted by Crippen LogP contribution is 2.21. The monoisotopic (exact) mass is 348 g/mol. The van der Waals surface area contributed by atoms with Crippen LogP contribution >= 0.6 is 15.9 Å². The van der Waals surface area contributed by atoms with E-state index in [1.165, 1.54) is 0 Å². The molecule has 0 aliphatic rings. The van der Waals surface area contributed by atoms with Gasteiger partial charge in [-0.2, -0.15) is 0 Å². The molecule has 0 aliphatic carbocycles. The number of carbonyl (C=O) groups excluding carboxylic acids is 1. The fourth-order valence-electron chi connectivity index (χ4n) is 1.70. The Morgan fingerprint density at radius 2 is 1.86 bits per heavy atom. The summed E-state index contributed by atoms with van der Waals surface area (Å²) in [5, 5.41) is 17.1. The van der Waals surface area contributed by atoms with E-state index in [4.69, 9.17) is 10.9 Å². The number of benzene rings is 2. The van der Waals surface area contributed by atoms with Crippen molar-refractivity contribution in [2.75, 3.05) is 10.6 Å². The second-order valence-corrected chi connectivity index (χ2v) is 5.04. The van der Waals surface area contributed by atoms with Crippen LogP contribution in [0.1, 0.15) is 5.56 Å². The van der Waals surface area contributed by atoms with Crippen LogP contribution < -0.4 is 16.4 Å². The largest absolute Gasteiger partial charge is 0.409 e. The lowest BCUT2D eigenvalue weighted by molar-refractivity contribution is 0.262. The lowest BCUT2D eigenvalue weighted by Gasteiger charge is -2.11. The summed E-state index contributed by atoms with van der Waals surface area (Å²) in [6.07, 6.45) is 0. The molecule has 5 N–H and O–H groups in total. The maximum absolute atomic E-state index is 12.0. The molecule has 0 aromatic heterocycles. The molecule has 0 saturated heterocycles. The summed E-state index contributed by atoms with van der Waals surface area (Å²) in [5.41, 5.74) is 7.11. The molecule has 2 aromatic carbocycles. The minimum absolute atomic E-state index is 0.0914. The summed E-state index contributed by atoms with van der Waals surface area (Å²) in [7, 11) is 0. The average molecular weight is 349 g/mol. The van der Waals surface area contributed by atoms with Gasteiger partial charge in [0.2, 0.25) is 0 Å². The number of nitrogens with zero attached hydrogens (tertiary/aromatic N) is 1. The molecule has 0 atom stereocenters. The molecule has 7 heteroatoms. The average Bonchev–Trinajstić information content (AvgIpc) is 2.49. The molecule has 2 rings (SSSR count). The van der Waals surface area contributed by atoms with Gasteiger partial charge in [-0.05, 0) is 30.3 Å². The van der Waals surface area contributed by atoms with Gasteiger partial charge in [-0.15, -0.1) is 0 Å². The highest BCUT2D eigenvalue weighted by Gasteiger charge is 2.11. The Labute approximate surface area is 129 Å². The Morgan fingerprint density at radius 3 is 2.52 bits per heavy atom. The summed E-state index contributed by atoms with van der Waals surface area (Å²) in [6, 6.07) is 13.6. The van der Waals surface area contributed by atoms with Crippen LogP contribution in [0.5, 0.6) is 0 Å². The van der Waals surface area contributed by atoms with Crippen molar-refractivity contribution in [2.24, 2.45) is 10.9 Å². The lowest BCUT2D eigenvalue weighted by Crippen LogP contribution is -2.23. The summed E-state index contributed by atoms with van der Waals surface area (Å²) in [4.78, 5) is 12.0. The predicted molar refractivity (Wildman–Crippen MR) is 85.7 cm³/mol. The van der Waals surface area contributed by atoms with E-state index in [1.54, 1.807) is 30.3 Å². The van der Waals surface area contributed by atoms with Gasteiger partial charge in [-0.3, -0.25) is 0 Å². The Morgan fingerprint density at radius 1 is 1.14 bits per heavy atom. The normalized spacial score (nSPS) is 11.0. The van der Waals surface area contributed by atoms with Crippen LogP contribution in [0.15, 0.2) is 58.2 Å². The summed E-state index contributed by atoms with van der Waals surface area (Å²) < 4.78 is 0.748. The van der Waals surface area contributed by atoms with Gasteiger partial charge in [-0.1, -0.05) is 39.3 Å². The molecule has 0 spiro atoms. The van der Waals surface area contributed by atoms with E-state index in [0.29, 0.717) is 16.9 Å². The van der Waals surface area contributed by atoms with Crippen molar-refractivity contribution < 1.29 is 10.0 Å². The summed E-state index contributed by atoms with van der Waals surface area (Å²) >= 11 is 3.29. The third-order valence-corrected chi connectivity index (χ3v) is 3.14. The van der Waals surface area contributed by atoms with Crippen LogP contribution in [-0.2, 0) is 0 Å². The number of amides is 2. The van der Waals surface area contributed by atoms with Gasteiger partial charge in [-0.25, -0.2) is 4.79 Å². The molecule has 108 valence electrons. The molecular formula is C14H13BrN4O2. The summed E-state index contributed by atoms with van der Waals surface area (Å²) in [5.74, 6) is -0.0914. The molecule has 0 radical (unpaired) electrons. The van der Waals surface area contributed by atoms with Crippen molar-refractivity contribution >= 4 is 39.2 Å². The first-order chi connectivity index (χ1) is 10.1. The zero-order chi connectivity index (χ0) is 15.2. The van der Waals surface area contributed by atoms with Gasteiger partial charge >= 0.3 is 6.03 Å². The standard InChI is InChI=1S/C14H13BrN4O2/c15-9-6-7-12(11(8-9)13(16)19-21)18-14(20)17-10-4-2-1-3-5-10/h1-8,21H,(H2,16,19)(H2,17,18,20). The van der Waals surface area contributed by atoms with Gasteiger partial charge < -0.3 is 21.6 Å². The molecule has 2 amide bonds. The molecule has 0 unspecified atom stereocenters. The number of carbonyl (C=O) groups is 1. The Hall–Kier alpha value is -2.54. The van der Waals surface area contributed by atoms with Gasteiger partial charge in [0, 0.05) is 15.7 Å². The van der Waals surface area contributed by atoms with Gasteiger partial charge in [0.1, 0.15) is 0 Å². The molecule has 0 saturated carbocycles. The van der Waals surface area contributed by atoms with Crippen LogP contribution in [0.4, 0.5) is 16.2 Å². The van der Waals surface area contributed by atoms with Gasteiger partial charge in [0.05, 0.1) is 5.69 Å². The number of anilines is 2. The fourth-order valence-corrected chi connectivity index (χ4v) is 2.06. The third kappa shape index (κ3) is 3.96. The lowest BCUT2D eigenvalue weighted by atomic mass is 10.1. The number of hydrogen-bond acceptors (Lipinski definition) is 3. The van der Waals surface area contributed by atoms with E-state index in [-0.39, 0.29) is 5.84 Å². The number of para-hydroxylation sites is 1. The summed E-state index contributed by atoms with van der Waals surface area (Å²) in [6.45, 7) is 0. The highest BCUT2D eigenvalue weighted by atomic mass is 79.9. The smallest absolute Gasteiger partial charge is 0.323 e. The van der Waals surface area contributed by atoms with Crippen molar-refractivity contribution in [1.29, 1.82) is 0 Å². The molecule has 6 nitrogen and oxygen atoms in total. The second kappa shape index (κ2) is 6.76. The number of rotatable bonds is 3. The highest BCUT2D eigenvalue weighted by molar-refractivity contribution is 9.10. The number of amidine groups is 1. The number of hydrogen-bond donors (Lipinski definition) is 4. The fraction of sp³-hybridized carbons (Fsp3) is 0. The topological polar surface area (TPSA) is 99.7 Å². The zero-order valence-electron chi connectivity index (χ0n) is 10.9. The SMILES string of the molecule is N/C(=N/O)c1cc(Br)ccc1NC(=O)Nc1ccccc1. The third-order valence-electron chi connectivity index (χ3n) is 2.65. The van der Waals surface area contributed by atoms with Crippen LogP contribution in [0, 0.1) is 0 Å². The number of halogens is 1. The first kappa shape index (κ1) is 14.9. The molecule has 0 fully saturated rings. The van der Waals surface area contributed by atoms with Crippen LogP contribution in [0.3, 0.4) is 0 Å². The van der Waals surface area contributed by atoms with E-state index in [0.717, 1.165) is 4.47 Å². The van der Waals surface area contributed by atoms with Gasteiger partial charge in [0.25, 0.3) is 0 Å². The van der Waals surface area contributed by atoms with Crippen molar-refractivity contribution in [3.05, 3.63) is 58.6 Å².